The first-order valence-electron chi connectivity index (χ1n) is 9.76. The number of nitrogens with zero attached hydrogens (tertiary/aromatic N) is 3. The zero-order chi connectivity index (χ0) is 20.2. The van der Waals surface area contributed by atoms with Gasteiger partial charge in [0.15, 0.2) is 0 Å². The largest absolute Gasteiger partial charge is 0.497 e. The van der Waals surface area contributed by atoms with Crippen LogP contribution in [-0.2, 0) is 0 Å². The monoisotopic (exact) mass is 392 g/mol. The third kappa shape index (κ3) is 4.23. The van der Waals surface area contributed by atoms with Gasteiger partial charge in [-0.3, -0.25) is 0 Å². The van der Waals surface area contributed by atoms with E-state index in [1.165, 1.54) is 0 Å². The van der Waals surface area contributed by atoms with Gasteiger partial charge in [0.25, 0.3) is 0 Å². The molecule has 0 bridgehead atoms. The third-order valence-corrected chi connectivity index (χ3v) is 5.09. The summed E-state index contributed by atoms with van der Waals surface area (Å²) in [6.07, 6.45) is 2.76. The number of ether oxygens (including phenoxy) is 1. The van der Waals surface area contributed by atoms with Crippen molar-refractivity contribution in [2.45, 2.75) is 32.2 Å². The molecule has 3 aromatic rings. The molecular formula is C22H24N4O3. The molecule has 0 spiro atoms. The predicted molar refractivity (Wildman–Crippen MR) is 110 cm³/mol. The minimum atomic E-state index is -0.236. The summed E-state index contributed by atoms with van der Waals surface area (Å²) < 4.78 is 10.8. The zero-order valence-electron chi connectivity index (χ0n) is 16.6. The number of carbonyl (C=O) groups is 1. The molecule has 2 amide bonds. The van der Waals surface area contributed by atoms with Crippen LogP contribution in [0.1, 0.15) is 36.8 Å². The normalized spacial score (nSPS) is 16.5. The van der Waals surface area contributed by atoms with Gasteiger partial charge >= 0.3 is 6.03 Å². The maximum absolute atomic E-state index is 12.9. The second-order valence-electron chi connectivity index (χ2n) is 7.19. The summed E-state index contributed by atoms with van der Waals surface area (Å²) in [6.45, 7) is 2.65. The number of aryl methyl sites for hydroxylation is 1. The van der Waals surface area contributed by atoms with Crippen LogP contribution in [0.3, 0.4) is 0 Å². The molecule has 4 rings (SSSR count). The number of carbonyl (C=O) groups excluding carboxylic acids is 1. The van der Waals surface area contributed by atoms with Crippen LogP contribution in [0.15, 0.2) is 53.1 Å². The van der Waals surface area contributed by atoms with Crippen molar-refractivity contribution < 1.29 is 14.1 Å². The summed E-state index contributed by atoms with van der Waals surface area (Å²) in [7, 11) is 1.62. The number of amides is 2. The quantitative estimate of drug-likeness (QED) is 0.689. The van der Waals surface area contributed by atoms with Gasteiger partial charge in [-0.05, 0) is 56.0 Å². The topological polar surface area (TPSA) is 80.5 Å². The van der Waals surface area contributed by atoms with Crippen LogP contribution >= 0.6 is 0 Å². The number of benzene rings is 2. The van der Waals surface area contributed by atoms with Gasteiger partial charge in [0.1, 0.15) is 11.8 Å². The fourth-order valence-electron chi connectivity index (χ4n) is 3.60. The molecule has 150 valence electrons. The number of rotatable bonds is 4. The fourth-order valence-corrected chi connectivity index (χ4v) is 3.60. The highest BCUT2D eigenvalue weighted by Crippen LogP contribution is 2.32. The number of aromatic nitrogens is 2. The molecule has 1 N–H and O–H groups in total. The first kappa shape index (κ1) is 19.0. The lowest BCUT2D eigenvalue weighted by Crippen LogP contribution is -2.41. The van der Waals surface area contributed by atoms with Crippen molar-refractivity contribution in [2.24, 2.45) is 0 Å². The van der Waals surface area contributed by atoms with Crippen molar-refractivity contribution in [3.63, 3.8) is 0 Å². The van der Waals surface area contributed by atoms with Crippen molar-refractivity contribution in [3.8, 4) is 17.1 Å². The van der Waals surface area contributed by atoms with E-state index in [1.54, 1.807) is 12.0 Å². The molecule has 0 aliphatic carbocycles. The van der Waals surface area contributed by atoms with Crippen molar-refractivity contribution in [3.05, 3.63) is 60.0 Å². The number of anilines is 1. The minimum absolute atomic E-state index is 0.151. The number of methoxy groups -OCH3 is 1. The lowest BCUT2D eigenvalue weighted by molar-refractivity contribution is 0.142. The Morgan fingerprint density at radius 1 is 1.21 bits per heavy atom. The van der Waals surface area contributed by atoms with Crippen LogP contribution in [0.4, 0.5) is 10.5 Å². The summed E-state index contributed by atoms with van der Waals surface area (Å²) in [4.78, 5) is 19.3. The predicted octanol–water partition coefficient (Wildman–Crippen LogP) is 4.81. The summed E-state index contributed by atoms with van der Waals surface area (Å²) >= 11 is 0. The Balaban J connectivity index is 1.54. The van der Waals surface area contributed by atoms with Crippen LogP contribution in [0.5, 0.6) is 5.75 Å². The maximum atomic E-state index is 12.9. The summed E-state index contributed by atoms with van der Waals surface area (Å²) in [6, 6.07) is 14.9. The summed E-state index contributed by atoms with van der Waals surface area (Å²) in [5.74, 6) is 1.68. The van der Waals surface area contributed by atoms with Crippen LogP contribution in [-0.4, -0.2) is 34.7 Å². The van der Waals surface area contributed by atoms with E-state index < -0.39 is 0 Å². The van der Waals surface area contributed by atoms with E-state index >= 15 is 0 Å². The standard InChI is InChI=1S/C22H24N4O3/c1-15-7-5-9-17(13-15)23-22(27)26-12-4-3-11-19(26)21-24-20(25-29-21)16-8-6-10-18(14-16)28-2/h5-10,13-14,19H,3-4,11-12H2,1-2H3,(H,23,27). The van der Waals surface area contributed by atoms with Gasteiger partial charge in [-0.1, -0.05) is 29.4 Å². The Morgan fingerprint density at radius 2 is 2.07 bits per heavy atom. The number of urea groups is 1. The van der Waals surface area contributed by atoms with E-state index in [1.807, 2.05) is 55.5 Å². The summed E-state index contributed by atoms with van der Waals surface area (Å²) in [5, 5.41) is 7.11. The molecule has 1 saturated heterocycles. The molecule has 2 heterocycles. The third-order valence-electron chi connectivity index (χ3n) is 5.09. The highest BCUT2D eigenvalue weighted by Gasteiger charge is 2.32. The number of hydrogen-bond donors (Lipinski definition) is 1. The molecule has 1 unspecified atom stereocenters. The average Bonchev–Trinajstić information content (AvgIpc) is 3.24. The summed E-state index contributed by atoms with van der Waals surface area (Å²) in [5.41, 5.74) is 2.69. The molecule has 0 saturated carbocycles. The minimum Gasteiger partial charge on any atom is -0.497 e. The number of hydrogen-bond acceptors (Lipinski definition) is 5. The molecule has 29 heavy (non-hydrogen) atoms. The molecule has 7 nitrogen and oxygen atoms in total. The Kier molecular flexibility index (Phi) is 5.46. The molecule has 0 radical (unpaired) electrons. The highest BCUT2D eigenvalue weighted by molar-refractivity contribution is 5.89. The van der Waals surface area contributed by atoms with E-state index in [2.05, 4.69) is 15.5 Å². The highest BCUT2D eigenvalue weighted by atomic mass is 16.5. The van der Waals surface area contributed by atoms with E-state index in [-0.39, 0.29) is 12.1 Å². The number of likely N-dealkylation sites (tertiary alicyclic amines) is 1. The number of piperidine rings is 1. The van der Waals surface area contributed by atoms with Crippen LogP contribution in [0.25, 0.3) is 11.4 Å². The average molecular weight is 392 g/mol. The van der Waals surface area contributed by atoms with Crippen LogP contribution in [0.2, 0.25) is 0 Å². The Labute approximate surface area is 169 Å². The molecule has 2 aromatic carbocycles. The Hall–Kier alpha value is -3.35. The van der Waals surface area contributed by atoms with Gasteiger partial charge in [0.05, 0.1) is 7.11 Å². The molecule has 1 aliphatic heterocycles. The molecule has 1 aromatic heterocycles. The smallest absolute Gasteiger partial charge is 0.322 e. The lowest BCUT2D eigenvalue weighted by Gasteiger charge is -2.33. The van der Waals surface area contributed by atoms with Gasteiger partial charge < -0.3 is 19.5 Å². The SMILES string of the molecule is COc1cccc(-c2noc(C3CCCCN3C(=O)Nc3cccc(C)c3)n2)c1. The zero-order valence-corrected chi connectivity index (χ0v) is 16.6. The van der Waals surface area contributed by atoms with Gasteiger partial charge in [-0.2, -0.15) is 4.98 Å². The number of nitrogens with one attached hydrogen (secondary N) is 1. The molecule has 1 aliphatic rings. The van der Waals surface area contributed by atoms with Gasteiger partial charge in [0.2, 0.25) is 11.7 Å². The van der Waals surface area contributed by atoms with Crippen molar-refractivity contribution in [2.75, 3.05) is 19.0 Å². The first-order chi connectivity index (χ1) is 14.1. The first-order valence-corrected chi connectivity index (χ1v) is 9.76. The lowest BCUT2D eigenvalue weighted by atomic mass is 10.0. The second kappa shape index (κ2) is 8.34. The van der Waals surface area contributed by atoms with Crippen molar-refractivity contribution >= 4 is 11.7 Å². The van der Waals surface area contributed by atoms with E-state index in [0.717, 1.165) is 41.8 Å². The van der Waals surface area contributed by atoms with E-state index in [9.17, 15) is 4.79 Å². The molecule has 7 heteroatoms. The van der Waals surface area contributed by atoms with E-state index in [4.69, 9.17) is 9.26 Å². The van der Waals surface area contributed by atoms with Gasteiger partial charge in [-0.15, -0.1) is 0 Å². The second-order valence-corrected chi connectivity index (χ2v) is 7.19. The van der Waals surface area contributed by atoms with Crippen molar-refractivity contribution in [1.29, 1.82) is 0 Å². The van der Waals surface area contributed by atoms with Crippen LogP contribution in [0, 0.1) is 6.92 Å². The van der Waals surface area contributed by atoms with Gasteiger partial charge in [0, 0.05) is 17.8 Å². The maximum Gasteiger partial charge on any atom is 0.322 e. The Bertz CT molecular complexity index is 1000. The molecular weight excluding hydrogens is 368 g/mol. The Morgan fingerprint density at radius 3 is 2.90 bits per heavy atom. The van der Waals surface area contributed by atoms with Crippen LogP contribution < -0.4 is 10.1 Å². The van der Waals surface area contributed by atoms with E-state index in [0.29, 0.717) is 18.3 Å². The van der Waals surface area contributed by atoms with Crippen molar-refractivity contribution in [1.82, 2.24) is 15.0 Å². The molecule has 1 atom stereocenters. The fraction of sp³-hybridized carbons (Fsp3) is 0.318. The molecule has 1 fully saturated rings. The van der Waals surface area contributed by atoms with Gasteiger partial charge in [-0.25, -0.2) is 4.79 Å².